The molecule has 2 rings (SSSR count). The number of aromatic nitrogens is 1. The normalized spacial score (nSPS) is 11.8. The van der Waals surface area contributed by atoms with Gasteiger partial charge in [-0.1, -0.05) is 15.9 Å². The molecule has 0 fully saturated rings. The summed E-state index contributed by atoms with van der Waals surface area (Å²) >= 11 is 3.37. The SMILES string of the molecule is Cc1cc(S(=O)(=O)NCc2ccc(C)n2C)ccc1Br. The number of hydrogen-bond acceptors (Lipinski definition) is 2. The molecule has 1 aromatic heterocycles. The van der Waals surface area contributed by atoms with Crippen LogP contribution in [0.5, 0.6) is 0 Å². The second-order valence-corrected chi connectivity index (χ2v) is 7.38. The summed E-state index contributed by atoms with van der Waals surface area (Å²) in [5.41, 5.74) is 2.92. The number of nitrogens with zero attached hydrogens (tertiary/aromatic N) is 1. The van der Waals surface area contributed by atoms with E-state index in [4.69, 9.17) is 0 Å². The van der Waals surface area contributed by atoms with Gasteiger partial charge in [0.25, 0.3) is 0 Å². The van der Waals surface area contributed by atoms with Crippen LogP contribution in [0.2, 0.25) is 0 Å². The molecule has 4 nitrogen and oxygen atoms in total. The lowest BCUT2D eigenvalue weighted by molar-refractivity contribution is 0.578. The lowest BCUT2D eigenvalue weighted by atomic mass is 10.2. The third-order valence-electron chi connectivity index (χ3n) is 3.36. The van der Waals surface area contributed by atoms with Gasteiger partial charge in [0.1, 0.15) is 0 Å². The molecular weight excluding hydrogens is 340 g/mol. The van der Waals surface area contributed by atoms with Crippen LogP contribution in [0, 0.1) is 13.8 Å². The van der Waals surface area contributed by atoms with Crippen molar-refractivity contribution >= 4 is 26.0 Å². The van der Waals surface area contributed by atoms with Gasteiger partial charge in [-0.15, -0.1) is 0 Å². The second kappa shape index (κ2) is 5.71. The number of rotatable bonds is 4. The summed E-state index contributed by atoms with van der Waals surface area (Å²) in [6.07, 6.45) is 0. The number of hydrogen-bond donors (Lipinski definition) is 1. The third-order valence-corrected chi connectivity index (χ3v) is 5.65. The molecule has 0 bridgehead atoms. The summed E-state index contributed by atoms with van der Waals surface area (Å²) in [4.78, 5) is 0.282. The van der Waals surface area contributed by atoms with Crippen molar-refractivity contribution in [2.24, 2.45) is 7.05 Å². The number of halogens is 1. The Hall–Kier alpha value is -1.11. The molecule has 1 aromatic carbocycles. The Morgan fingerprint density at radius 3 is 2.45 bits per heavy atom. The molecule has 1 N–H and O–H groups in total. The Morgan fingerprint density at radius 1 is 1.20 bits per heavy atom. The van der Waals surface area contributed by atoms with Crippen LogP contribution < -0.4 is 4.72 Å². The van der Waals surface area contributed by atoms with Gasteiger partial charge >= 0.3 is 0 Å². The van der Waals surface area contributed by atoms with Gasteiger partial charge < -0.3 is 4.57 Å². The average molecular weight is 357 g/mol. The Kier molecular flexibility index (Phi) is 4.36. The number of sulfonamides is 1. The molecule has 0 spiro atoms. The van der Waals surface area contributed by atoms with E-state index in [1.54, 1.807) is 18.2 Å². The van der Waals surface area contributed by atoms with Crippen molar-refractivity contribution in [2.45, 2.75) is 25.3 Å². The van der Waals surface area contributed by atoms with Gasteiger partial charge in [-0.2, -0.15) is 0 Å². The van der Waals surface area contributed by atoms with E-state index in [0.717, 1.165) is 21.4 Å². The first kappa shape index (κ1) is 15.3. The van der Waals surface area contributed by atoms with Gasteiger partial charge in [0.15, 0.2) is 0 Å². The zero-order chi connectivity index (χ0) is 14.9. The first-order valence-electron chi connectivity index (χ1n) is 6.18. The minimum absolute atomic E-state index is 0.280. The lowest BCUT2D eigenvalue weighted by Gasteiger charge is -2.09. The highest BCUT2D eigenvalue weighted by molar-refractivity contribution is 9.10. The monoisotopic (exact) mass is 356 g/mol. The first-order valence-corrected chi connectivity index (χ1v) is 8.46. The summed E-state index contributed by atoms with van der Waals surface area (Å²) in [7, 11) is -1.57. The van der Waals surface area contributed by atoms with E-state index in [1.807, 2.05) is 37.6 Å². The molecule has 1 heterocycles. The fourth-order valence-corrected chi connectivity index (χ4v) is 3.21. The zero-order valence-corrected chi connectivity index (χ0v) is 14.0. The van der Waals surface area contributed by atoms with E-state index in [0.29, 0.717) is 0 Å². The predicted molar refractivity (Wildman–Crippen MR) is 83.1 cm³/mol. The Bertz CT molecular complexity index is 736. The highest BCUT2D eigenvalue weighted by atomic mass is 79.9. The maximum absolute atomic E-state index is 12.3. The highest BCUT2D eigenvalue weighted by Crippen LogP contribution is 2.20. The van der Waals surface area contributed by atoms with E-state index in [9.17, 15) is 8.42 Å². The molecule has 0 aliphatic carbocycles. The summed E-state index contributed by atoms with van der Waals surface area (Å²) in [6.45, 7) is 4.13. The number of benzene rings is 1. The van der Waals surface area contributed by atoms with E-state index in [-0.39, 0.29) is 11.4 Å². The Labute approximate surface area is 128 Å². The topological polar surface area (TPSA) is 51.1 Å². The van der Waals surface area contributed by atoms with E-state index in [2.05, 4.69) is 20.7 Å². The molecule has 0 atom stereocenters. The summed E-state index contributed by atoms with van der Waals surface area (Å²) < 4.78 is 30.0. The molecule has 0 saturated carbocycles. The summed E-state index contributed by atoms with van der Waals surface area (Å²) in [5, 5.41) is 0. The van der Waals surface area contributed by atoms with Crippen LogP contribution in [0.4, 0.5) is 0 Å². The van der Waals surface area contributed by atoms with Crippen LogP contribution in [0.3, 0.4) is 0 Å². The van der Waals surface area contributed by atoms with Crippen molar-refractivity contribution in [2.75, 3.05) is 0 Å². The zero-order valence-electron chi connectivity index (χ0n) is 11.6. The van der Waals surface area contributed by atoms with Gasteiger partial charge in [0.2, 0.25) is 10.0 Å². The largest absolute Gasteiger partial charge is 0.351 e. The molecule has 2 aromatic rings. The molecule has 0 aliphatic heterocycles. The van der Waals surface area contributed by atoms with Crippen molar-refractivity contribution in [1.29, 1.82) is 0 Å². The van der Waals surface area contributed by atoms with Gasteiger partial charge in [0, 0.05) is 22.9 Å². The Morgan fingerprint density at radius 2 is 1.90 bits per heavy atom. The average Bonchev–Trinajstić information content (AvgIpc) is 2.71. The smallest absolute Gasteiger partial charge is 0.240 e. The van der Waals surface area contributed by atoms with Crippen molar-refractivity contribution < 1.29 is 8.42 Å². The molecule has 20 heavy (non-hydrogen) atoms. The fourth-order valence-electron chi connectivity index (χ4n) is 1.88. The minimum Gasteiger partial charge on any atom is -0.351 e. The molecule has 0 radical (unpaired) electrons. The maximum atomic E-state index is 12.3. The van der Waals surface area contributed by atoms with Crippen molar-refractivity contribution in [3.63, 3.8) is 0 Å². The van der Waals surface area contributed by atoms with Crippen molar-refractivity contribution in [3.05, 3.63) is 51.8 Å². The van der Waals surface area contributed by atoms with Crippen LogP contribution in [0.25, 0.3) is 0 Å². The number of nitrogens with one attached hydrogen (secondary N) is 1. The van der Waals surface area contributed by atoms with Crippen LogP contribution >= 0.6 is 15.9 Å². The molecule has 0 amide bonds. The molecular formula is C14H17BrN2O2S. The third kappa shape index (κ3) is 3.13. The van der Waals surface area contributed by atoms with Gasteiger partial charge in [-0.3, -0.25) is 0 Å². The second-order valence-electron chi connectivity index (χ2n) is 4.76. The highest BCUT2D eigenvalue weighted by Gasteiger charge is 2.15. The maximum Gasteiger partial charge on any atom is 0.240 e. The summed E-state index contributed by atoms with van der Waals surface area (Å²) in [6, 6.07) is 8.88. The standard InChI is InChI=1S/C14H17BrN2O2S/c1-10-8-13(6-7-14(10)15)20(18,19)16-9-12-5-4-11(2)17(12)3/h4-8,16H,9H2,1-3H3. The van der Waals surface area contributed by atoms with Gasteiger partial charge in [-0.25, -0.2) is 13.1 Å². The first-order chi connectivity index (χ1) is 9.31. The number of aryl methyl sites for hydroxylation is 2. The van der Waals surface area contributed by atoms with Gasteiger partial charge in [-0.05, 0) is 49.7 Å². The van der Waals surface area contributed by atoms with E-state index < -0.39 is 10.0 Å². The van der Waals surface area contributed by atoms with Gasteiger partial charge in [0.05, 0.1) is 11.4 Å². The van der Waals surface area contributed by atoms with Crippen molar-refractivity contribution in [1.82, 2.24) is 9.29 Å². The molecule has 108 valence electrons. The molecule has 0 aliphatic rings. The minimum atomic E-state index is -3.49. The molecule has 0 saturated heterocycles. The van der Waals surface area contributed by atoms with Crippen LogP contribution in [0.15, 0.2) is 39.7 Å². The quantitative estimate of drug-likeness (QED) is 0.915. The van der Waals surface area contributed by atoms with E-state index in [1.165, 1.54) is 0 Å². The van der Waals surface area contributed by atoms with Crippen LogP contribution in [-0.2, 0) is 23.6 Å². The summed E-state index contributed by atoms with van der Waals surface area (Å²) in [5.74, 6) is 0. The lowest BCUT2D eigenvalue weighted by Crippen LogP contribution is -2.24. The van der Waals surface area contributed by atoms with Crippen LogP contribution in [-0.4, -0.2) is 13.0 Å². The fraction of sp³-hybridized carbons (Fsp3) is 0.286. The van der Waals surface area contributed by atoms with E-state index >= 15 is 0 Å². The molecule has 6 heteroatoms. The molecule has 0 unspecified atom stereocenters. The van der Waals surface area contributed by atoms with Crippen LogP contribution in [0.1, 0.15) is 17.0 Å². The Balaban J connectivity index is 2.19. The van der Waals surface area contributed by atoms with Crippen molar-refractivity contribution in [3.8, 4) is 0 Å². The predicted octanol–water partition coefficient (Wildman–Crippen LogP) is 2.88.